The van der Waals surface area contributed by atoms with Gasteiger partial charge in [-0.25, -0.2) is 4.98 Å². The topological polar surface area (TPSA) is 60.8 Å². The van der Waals surface area contributed by atoms with Gasteiger partial charge in [0.25, 0.3) is 0 Å². The van der Waals surface area contributed by atoms with E-state index in [0.717, 1.165) is 18.8 Å². The molecule has 2 aromatic rings. The van der Waals surface area contributed by atoms with Crippen molar-refractivity contribution in [3.8, 4) is 5.75 Å². The van der Waals surface area contributed by atoms with Crippen LogP contribution in [0.25, 0.3) is 0 Å². The molecular weight excluding hydrogens is 371 g/mol. The van der Waals surface area contributed by atoms with Gasteiger partial charge < -0.3 is 10.0 Å². The minimum Gasteiger partial charge on any atom is -0.507 e. The highest BCUT2D eigenvalue weighted by molar-refractivity contribution is 6.42. The van der Waals surface area contributed by atoms with Gasteiger partial charge in [-0.1, -0.05) is 34.8 Å². The van der Waals surface area contributed by atoms with Crippen molar-refractivity contribution in [2.24, 2.45) is 5.10 Å². The predicted octanol–water partition coefficient (Wildman–Crippen LogP) is 5.04. The Bertz CT molecular complexity index is 748. The lowest BCUT2D eigenvalue weighted by Crippen LogP contribution is -2.21. The molecule has 2 rings (SSSR count). The van der Waals surface area contributed by atoms with Gasteiger partial charge in [-0.2, -0.15) is 5.10 Å². The number of benzene rings is 1. The number of halogens is 3. The molecule has 0 radical (unpaired) electrons. The van der Waals surface area contributed by atoms with E-state index in [0.29, 0.717) is 10.6 Å². The quantitative estimate of drug-likeness (QED) is 0.414. The minimum atomic E-state index is 0.130. The van der Waals surface area contributed by atoms with Crippen LogP contribution in [0.4, 0.5) is 11.5 Å². The molecule has 128 valence electrons. The van der Waals surface area contributed by atoms with Gasteiger partial charge in [0.05, 0.1) is 16.3 Å². The maximum Gasteiger partial charge on any atom is 0.166 e. The third-order valence-electron chi connectivity index (χ3n) is 3.40. The summed E-state index contributed by atoms with van der Waals surface area (Å²) in [4.78, 5) is 6.13. The normalized spacial score (nSPS) is 11.0. The second kappa shape index (κ2) is 8.42. The van der Waals surface area contributed by atoms with Crippen LogP contribution in [0.1, 0.15) is 19.4 Å². The standard InChI is InChI=1S/C16H17Cl3N4O/c1-3-23(4-2)11-6-5-10(14(24)7-11)9-20-22-16-13(18)8-12(17)15(19)21-16/h5-9,24H,3-4H2,1-2H3,(H,21,22). The molecule has 0 atom stereocenters. The van der Waals surface area contributed by atoms with Crippen molar-refractivity contribution in [1.82, 2.24) is 4.98 Å². The Morgan fingerprint density at radius 3 is 2.50 bits per heavy atom. The first-order chi connectivity index (χ1) is 11.5. The van der Waals surface area contributed by atoms with Crippen LogP contribution in [-0.2, 0) is 0 Å². The maximum absolute atomic E-state index is 10.1. The summed E-state index contributed by atoms with van der Waals surface area (Å²) in [6, 6.07) is 6.90. The van der Waals surface area contributed by atoms with Gasteiger partial charge in [-0.15, -0.1) is 0 Å². The molecule has 0 saturated carbocycles. The van der Waals surface area contributed by atoms with E-state index in [4.69, 9.17) is 34.8 Å². The molecule has 0 amide bonds. The summed E-state index contributed by atoms with van der Waals surface area (Å²) < 4.78 is 0. The number of phenolic OH excluding ortho intramolecular Hbond substituents is 1. The number of anilines is 2. The van der Waals surface area contributed by atoms with Crippen LogP contribution in [0.3, 0.4) is 0 Å². The van der Waals surface area contributed by atoms with Crippen LogP contribution in [0.5, 0.6) is 5.75 Å². The SMILES string of the molecule is CCN(CC)c1ccc(C=NNc2nc(Cl)c(Cl)cc2Cl)c(O)c1. The number of rotatable bonds is 6. The third kappa shape index (κ3) is 4.44. The molecule has 0 aliphatic rings. The number of hydrogen-bond donors (Lipinski definition) is 2. The molecule has 0 fully saturated rings. The first-order valence-corrected chi connectivity index (χ1v) is 8.48. The van der Waals surface area contributed by atoms with Crippen molar-refractivity contribution in [2.75, 3.05) is 23.4 Å². The fraction of sp³-hybridized carbons (Fsp3) is 0.250. The van der Waals surface area contributed by atoms with E-state index in [1.807, 2.05) is 6.07 Å². The molecular formula is C16H17Cl3N4O. The van der Waals surface area contributed by atoms with Crippen LogP contribution in [0.2, 0.25) is 15.2 Å². The number of nitrogens with one attached hydrogen (secondary N) is 1. The average molecular weight is 388 g/mol. The first-order valence-electron chi connectivity index (χ1n) is 7.34. The van der Waals surface area contributed by atoms with Gasteiger partial charge in [-0.3, -0.25) is 5.43 Å². The highest BCUT2D eigenvalue weighted by Gasteiger charge is 2.08. The fourth-order valence-corrected chi connectivity index (χ4v) is 2.65. The van der Waals surface area contributed by atoms with Crippen molar-refractivity contribution in [1.29, 1.82) is 0 Å². The second-order valence-electron chi connectivity index (χ2n) is 4.88. The lowest BCUT2D eigenvalue weighted by atomic mass is 10.2. The van der Waals surface area contributed by atoms with E-state index < -0.39 is 0 Å². The number of aromatic nitrogens is 1. The zero-order valence-corrected chi connectivity index (χ0v) is 15.5. The van der Waals surface area contributed by atoms with E-state index in [9.17, 15) is 5.11 Å². The molecule has 0 aliphatic carbocycles. The Kier molecular flexibility index (Phi) is 6.54. The highest BCUT2D eigenvalue weighted by atomic mass is 35.5. The second-order valence-corrected chi connectivity index (χ2v) is 6.05. The van der Waals surface area contributed by atoms with E-state index in [-0.39, 0.29) is 21.7 Å². The van der Waals surface area contributed by atoms with E-state index in [2.05, 4.69) is 34.3 Å². The lowest BCUT2D eigenvalue weighted by Gasteiger charge is -2.21. The Morgan fingerprint density at radius 2 is 1.88 bits per heavy atom. The Labute approximate surface area is 155 Å². The van der Waals surface area contributed by atoms with Gasteiger partial charge in [0.2, 0.25) is 0 Å². The Balaban J connectivity index is 2.14. The van der Waals surface area contributed by atoms with Crippen LogP contribution < -0.4 is 10.3 Å². The molecule has 1 aromatic carbocycles. The third-order valence-corrected chi connectivity index (χ3v) is 4.36. The van der Waals surface area contributed by atoms with Gasteiger partial charge in [-0.05, 0) is 32.0 Å². The summed E-state index contributed by atoms with van der Waals surface area (Å²) in [6.45, 7) is 5.86. The number of phenols is 1. The van der Waals surface area contributed by atoms with Gasteiger partial charge >= 0.3 is 0 Å². The van der Waals surface area contributed by atoms with Crippen molar-refractivity contribution in [2.45, 2.75) is 13.8 Å². The van der Waals surface area contributed by atoms with Crippen molar-refractivity contribution in [3.05, 3.63) is 45.0 Å². The molecule has 0 saturated heterocycles. The monoisotopic (exact) mass is 386 g/mol. The minimum absolute atomic E-state index is 0.130. The molecule has 1 aromatic heterocycles. The molecule has 5 nitrogen and oxygen atoms in total. The van der Waals surface area contributed by atoms with E-state index >= 15 is 0 Å². The molecule has 8 heteroatoms. The lowest BCUT2D eigenvalue weighted by molar-refractivity contribution is 0.474. The van der Waals surface area contributed by atoms with Crippen LogP contribution in [-0.4, -0.2) is 29.4 Å². The summed E-state index contributed by atoms with van der Waals surface area (Å²) in [5, 5.41) is 14.8. The summed E-state index contributed by atoms with van der Waals surface area (Å²) in [7, 11) is 0. The zero-order chi connectivity index (χ0) is 17.7. The predicted molar refractivity (Wildman–Crippen MR) is 102 cm³/mol. The Hall–Kier alpha value is -1.69. The molecule has 0 aliphatic heterocycles. The zero-order valence-electron chi connectivity index (χ0n) is 13.2. The van der Waals surface area contributed by atoms with Gasteiger partial charge in [0, 0.05) is 30.4 Å². The molecule has 0 unspecified atom stereocenters. The van der Waals surface area contributed by atoms with Crippen molar-refractivity contribution < 1.29 is 5.11 Å². The largest absolute Gasteiger partial charge is 0.507 e. The van der Waals surface area contributed by atoms with Gasteiger partial charge in [0.15, 0.2) is 5.82 Å². The summed E-state index contributed by atoms with van der Waals surface area (Å²) in [5.41, 5.74) is 4.20. The van der Waals surface area contributed by atoms with Crippen LogP contribution in [0.15, 0.2) is 29.4 Å². The highest BCUT2D eigenvalue weighted by Crippen LogP contribution is 2.29. The average Bonchev–Trinajstić information content (AvgIpc) is 2.55. The van der Waals surface area contributed by atoms with Crippen LogP contribution >= 0.6 is 34.8 Å². The number of aromatic hydroxyl groups is 1. The van der Waals surface area contributed by atoms with Crippen molar-refractivity contribution >= 4 is 52.5 Å². The Morgan fingerprint density at radius 1 is 1.17 bits per heavy atom. The summed E-state index contributed by atoms with van der Waals surface area (Å²) in [6.07, 6.45) is 1.47. The van der Waals surface area contributed by atoms with E-state index in [1.54, 1.807) is 12.1 Å². The molecule has 2 N–H and O–H groups in total. The smallest absolute Gasteiger partial charge is 0.166 e. The van der Waals surface area contributed by atoms with Crippen molar-refractivity contribution in [3.63, 3.8) is 0 Å². The maximum atomic E-state index is 10.1. The molecule has 1 heterocycles. The first kappa shape index (κ1) is 18.6. The summed E-state index contributed by atoms with van der Waals surface area (Å²) in [5.74, 6) is 0.416. The number of hydrogen-bond acceptors (Lipinski definition) is 5. The van der Waals surface area contributed by atoms with Gasteiger partial charge in [0.1, 0.15) is 10.9 Å². The molecule has 0 spiro atoms. The van der Waals surface area contributed by atoms with E-state index in [1.165, 1.54) is 12.3 Å². The number of nitrogens with zero attached hydrogens (tertiary/aromatic N) is 3. The fourth-order valence-electron chi connectivity index (χ4n) is 2.11. The molecule has 24 heavy (non-hydrogen) atoms. The van der Waals surface area contributed by atoms with Crippen LogP contribution in [0, 0.1) is 0 Å². The number of pyridine rings is 1. The summed E-state index contributed by atoms with van der Waals surface area (Å²) >= 11 is 17.7. The number of hydrazone groups is 1. The molecule has 0 bridgehead atoms.